The van der Waals surface area contributed by atoms with Crippen molar-refractivity contribution in [2.24, 2.45) is 0 Å². The lowest BCUT2D eigenvalue weighted by Crippen LogP contribution is -2.30. The highest BCUT2D eigenvalue weighted by atomic mass is 32.1. The predicted molar refractivity (Wildman–Crippen MR) is 106 cm³/mol. The lowest BCUT2D eigenvalue weighted by atomic mass is 10.1. The van der Waals surface area contributed by atoms with Crippen molar-refractivity contribution in [1.29, 1.82) is 0 Å². The molecular formula is C20H22FNO6S. The van der Waals surface area contributed by atoms with Gasteiger partial charge in [0.05, 0.1) is 18.8 Å². The summed E-state index contributed by atoms with van der Waals surface area (Å²) < 4.78 is 28.5. The van der Waals surface area contributed by atoms with Crippen LogP contribution in [0.4, 0.5) is 9.39 Å². The van der Waals surface area contributed by atoms with E-state index in [1.165, 1.54) is 31.2 Å². The Kier molecular flexibility index (Phi) is 7.72. The molecule has 1 heterocycles. The van der Waals surface area contributed by atoms with Gasteiger partial charge in [-0.15, -0.1) is 11.3 Å². The summed E-state index contributed by atoms with van der Waals surface area (Å²) >= 11 is 0.930. The third kappa shape index (κ3) is 5.54. The quantitative estimate of drug-likeness (QED) is 0.647. The SMILES string of the molecule is CCOC(=O)c1sc(NC(=O)[C@H](C)Oc2ccc(F)cc2)c(C(=O)OCC)c1C. The van der Waals surface area contributed by atoms with Crippen LogP contribution in [0.3, 0.4) is 0 Å². The molecule has 0 bridgehead atoms. The topological polar surface area (TPSA) is 90.9 Å². The summed E-state index contributed by atoms with van der Waals surface area (Å²) in [6, 6.07) is 5.23. The average molecular weight is 423 g/mol. The first-order valence-corrected chi connectivity index (χ1v) is 9.80. The number of ether oxygens (including phenoxy) is 3. The first-order chi connectivity index (χ1) is 13.8. The van der Waals surface area contributed by atoms with E-state index in [-0.39, 0.29) is 28.7 Å². The molecule has 1 atom stereocenters. The molecule has 1 aromatic carbocycles. The maximum absolute atomic E-state index is 13.0. The Morgan fingerprint density at radius 3 is 2.24 bits per heavy atom. The number of halogens is 1. The van der Waals surface area contributed by atoms with Gasteiger partial charge in [0.15, 0.2) is 6.10 Å². The molecule has 2 rings (SSSR count). The zero-order valence-corrected chi connectivity index (χ0v) is 17.4. The number of hydrogen-bond donors (Lipinski definition) is 1. The minimum absolute atomic E-state index is 0.0993. The van der Waals surface area contributed by atoms with Gasteiger partial charge in [-0.3, -0.25) is 4.79 Å². The molecule has 0 saturated heterocycles. The molecule has 1 N–H and O–H groups in total. The molecule has 0 saturated carbocycles. The van der Waals surface area contributed by atoms with E-state index < -0.39 is 29.8 Å². The number of esters is 2. The van der Waals surface area contributed by atoms with Gasteiger partial charge in [-0.05, 0) is 57.5 Å². The summed E-state index contributed by atoms with van der Waals surface area (Å²) in [6.07, 6.45) is -0.941. The monoisotopic (exact) mass is 423 g/mol. The van der Waals surface area contributed by atoms with E-state index in [1.54, 1.807) is 20.8 Å². The van der Waals surface area contributed by atoms with E-state index in [1.807, 2.05) is 0 Å². The molecule has 0 aliphatic carbocycles. The van der Waals surface area contributed by atoms with Crippen molar-refractivity contribution in [1.82, 2.24) is 0 Å². The minimum atomic E-state index is -0.941. The number of benzene rings is 1. The smallest absolute Gasteiger partial charge is 0.348 e. The van der Waals surface area contributed by atoms with E-state index in [0.717, 1.165) is 11.3 Å². The number of thiophene rings is 1. The highest BCUT2D eigenvalue weighted by molar-refractivity contribution is 7.18. The Morgan fingerprint density at radius 2 is 1.66 bits per heavy atom. The summed E-state index contributed by atoms with van der Waals surface area (Å²) in [7, 11) is 0. The van der Waals surface area contributed by atoms with E-state index >= 15 is 0 Å². The number of carbonyl (C=O) groups excluding carboxylic acids is 3. The van der Waals surface area contributed by atoms with Gasteiger partial charge in [0.25, 0.3) is 5.91 Å². The fourth-order valence-electron chi connectivity index (χ4n) is 2.43. The van der Waals surface area contributed by atoms with Gasteiger partial charge in [0.2, 0.25) is 0 Å². The van der Waals surface area contributed by atoms with Gasteiger partial charge in [-0.1, -0.05) is 0 Å². The van der Waals surface area contributed by atoms with E-state index in [4.69, 9.17) is 14.2 Å². The Bertz CT molecular complexity index is 893. The maximum Gasteiger partial charge on any atom is 0.348 e. The Labute approximate surface area is 171 Å². The number of rotatable bonds is 8. The highest BCUT2D eigenvalue weighted by Crippen LogP contribution is 2.34. The van der Waals surface area contributed by atoms with Crippen molar-refractivity contribution < 1.29 is 33.0 Å². The summed E-state index contributed by atoms with van der Waals surface area (Å²) in [5.41, 5.74) is 0.469. The van der Waals surface area contributed by atoms with Gasteiger partial charge in [-0.2, -0.15) is 0 Å². The first kappa shape index (κ1) is 22.4. The van der Waals surface area contributed by atoms with Crippen molar-refractivity contribution in [3.8, 4) is 5.75 Å². The third-order valence-electron chi connectivity index (χ3n) is 3.82. The zero-order valence-electron chi connectivity index (χ0n) is 16.5. The molecule has 1 aromatic heterocycles. The molecule has 29 heavy (non-hydrogen) atoms. The van der Waals surface area contributed by atoms with Crippen LogP contribution in [0.5, 0.6) is 5.75 Å². The van der Waals surface area contributed by atoms with Crippen molar-refractivity contribution in [3.05, 3.63) is 46.1 Å². The number of anilines is 1. The Morgan fingerprint density at radius 1 is 1.07 bits per heavy atom. The van der Waals surface area contributed by atoms with Crippen LogP contribution in [0.2, 0.25) is 0 Å². The molecule has 0 aliphatic rings. The summed E-state index contributed by atoms with van der Waals surface area (Å²) in [6.45, 7) is 6.74. The van der Waals surface area contributed by atoms with Gasteiger partial charge in [0.1, 0.15) is 21.4 Å². The van der Waals surface area contributed by atoms with Crippen molar-refractivity contribution in [2.45, 2.75) is 33.8 Å². The van der Waals surface area contributed by atoms with Crippen molar-refractivity contribution in [3.63, 3.8) is 0 Å². The van der Waals surface area contributed by atoms with Crippen LogP contribution in [-0.2, 0) is 14.3 Å². The first-order valence-electron chi connectivity index (χ1n) is 8.99. The second-order valence-electron chi connectivity index (χ2n) is 5.90. The fourth-order valence-corrected chi connectivity index (χ4v) is 3.52. The fraction of sp³-hybridized carbons (Fsp3) is 0.350. The van der Waals surface area contributed by atoms with E-state index in [0.29, 0.717) is 11.3 Å². The van der Waals surface area contributed by atoms with Crippen LogP contribution in [0, 0.1) is 12.7 Å². The molecule has 0 spiro atoms. The second-order valence-corrected chi connectivity index (χ2v) is 6.93. The molecule has 9 heteroatoms. The molecule has 0 fully saturated rings. The Hall–Kier alpha value is -2.94. The molecule has 0 aliphatic heterocycles. The summed E-state index contributed by atoms with van der Waals surface area (Å²) in [4.78, 5) is 37.3. The molecule has 0 unspecified atom stereocenters. The van der Waals surface area contributed by atoms with Crippen LogP contribution in [-0.4, -0.2) is 37.2 Å². The van der Waals surface area contributed by atoms with Crippen LogP contribution in [0.1, 0.15) is 46.4 Å². The standard InChI is InChI=1S/C20H22FNO6S/c1-5-26-19(24)15-11(3)16(20(25)27-6-2)29-18(15)22-17(23)12(4)28-14-9-7-13(21)8-10-14/h7-10,12H,5-6H2,1-4H3,(H,22,23)/t12-/m0/s1. The largest absolute Gasteiger partial charge is 0.481 e. The number of amides is 1. The minimum Gasteiger partial charge on any atom is -0.481 e. The van der Waals surface area contributed by atoms with Gasteiger partial charge in [-0.25, -0.2) is 14.0 Å². The lowest BCUT2D eigenvalue weighted by Gasteiger charge is -2.14. The second kappa shape index (κ2) is 10.0. The molecule has 7 nitrogen and oxygen atoms in total. The predicted octanol–water partition coefficient (Wildman–Crippen LogP) is 3.96. The average Bonchev–Trinajstić information content (AvgIpc) is 3.00. The van der Waals surface area contributed by atoms with E-state index in [2.05, 4.69) is 5.32 Å². The van der Waals surface area contributed by atoms with Crippen LogP contribution in [0.15, 0.2) is 24.3 Å². The number of carbonyl (C=O) groups is 3. The van der Waals surface area contributed by atoms with Crippen molar-refractivity contribution in [2.75, 3.05) is 18.5 Å². The highest BCUT2D eigenvalue weighted by Gasteiger charge is 2.28. The lowest BCUT2D eigenvalue weighted by molar-refractivity contribution is -0.122. The number of hydrogen-bond acceptors (Lipinski definition) is 7. The zero-order chi connectivity index (χ0) is 21.6. The molecule has 1 amide bonds. The molecule has 156 valence electrons. The Balaban J connectivity index is 2.25. The van der Waals surface area contributed by atoms with Gasteiger partial charge in [0, 0.05) is 0 Å². The van der Waals surface area contributed by atoms with Crippen LogP contribution in [0.25, 0.3) is 0 Å². The number of nitrogens with one attached hydrogen (secondary N) is 1. The third-order valence-corrected chi connectivity index (χ3v) is 5.01. The van der Waals surface area contributed by atoms with E-state index in [9.17, 15) is 18.8 Å². The maximum atomic E-state index is 13.0. The van der Waals surface area contributed by atoms with Crippen molar-refractivity contribution >= 4 is 34.2 Å². The van der Waals surface area contributed by atoms with Gasteiger partial charge < -0.3 is 19.5 Å². The molecule has 0 radical (unpaired) electrons. The molecular weight excluding hydrogens is 401 g/mol. The summed E-state index contributed by atoms with van der Waals surface area (Å²) in [5.74, 6) is -1.89. The van der Waals surface area contributed by atoms with Gasteiger partial charge >= 0.3 is 11.9 Å². The summed E-state index contributed by atoms with van der Waals surface area (Å²) in [5, 5.41) is 2.78. The molecule has 2 aromatic rings. The van der Waals surface area contributed by atoms with Crippen LogP contribution >= 0.6 is 11.3 Å². The van der Waals surface area contributed by atoms with Crippen LogP contribution < -0.4 is 10.1 Å². The normalized spacial score (nSPS) is 11.5.